The molecule has 4 saturated carbocycles. The lowest BCUT2D eigenvalue weighted by Crippen LogP contribution is -2.50. The fourth-order valence-electron chi connectivity index (χ4n) is 5.74. The Labute approximate surface area is 132 Å². The van der Waals surface area contributed by atoms with Gasteiger partial charge in [0.2, 0.25) is 0 Å². The molecule has 4 fully saturated rings. The fraction of sp³-hybridized carbons (Fsp3) is 0.667. The summed E-state index contributed by atoms with van der Waals surface area (Å²) in [5.74, 6) is 10.4. The molecule has 0 spiro atoms. The van der Waals surface area contributed by atoms with Crippen molar-refractivity contribution >= 4 is 11.6 Å². The second-order valence-electron chi connectivity index (χ2n) is 7.66. The molecule has 1 aromatic carbocycles. The van der Waals surface area contributed by atoms with E-state index in [-0.39, 0.29) is 6.04 Å². The minimum atomic E-state index is 0.262. The zero-order valence-electron chi connectivity index (χ0n) is 12.7. The smallest absolute Gasteiger partial charge is 0.0493 e. The molecule has 1 atom stereocenters. The molecule has 0 saturated heterocycles. The first-order valence-corrected chi connectivity index (χ1v) is 8.75. The third-order valence-corrected chi connectivity index (χ3v) is 6.83. The summed E-state index contributed by atoms with van der Waals surface area (Å²) in [5.41, 5.74) is 5.54. The molecule has 0 radical (unpaired) electrons. The predicted molar refractivity (Wildman–Crippen MR) is 86.8 cm³/mol. The Morgan fingerprint density at radius 3 is 2.24 bits per heavy atom. The van der Waals surface area contributed by atoms with Crippen molar-refractivity contribution in [1.29, 1.82) is 0 Å². The van der Waals surface area contributed by atoms with E-state index >= 15 is 0 Å². The summed E-state index contributed by atoms with van der Waals surface area (Å²) in [4.78, 5) is 0. The summed E-state index contributed by atoms with van der Waals surface area (Å²) >= 11 is 6.34. The first kappa shape index (κ1) is 14.0. The van der Waals surface area contributed by atoms with Gasteiger partial charge in [-0.3, -0.25) is 11.3 Å². The lowest BCUT2D eigenvalue weighted by Gasteiger charge is -2.56. The summed E-state index contributed by atoms with van der Waals surface area (Å²) < 4.78 is 0. The van der Waals surface area contributed by atoms with Crippen LogP contribution < -0.4 is 11.3 Å². The fourth-order valence-corrected chi connectivity index (χ4v) is 5.93. The van der Waals surface area contributed by atoms with Crippen LogP contribution in [0.5, 0.6) is 0 Å². The molecule has 1 aromatic rings. The predicted octanol–water partition coefficient (Wildman–Crippen LogP) is 4.23. The van der Waals surface area contributed by atoms with Gasteiger partial charge in [-0.25, -0.2) is 0 Å². The Bertz CT molecular complexity index is 514. The van der Waals surface area contributed by atoms with Crippen molar-refractivity contribution in [3.05, 3.63) is 34.3 Å². The molecular formula is C18H25ClN2. The van der Waals surface area contributed by atoms with Gasteiger partial charge >= 0.3 is 0 Å². The van der Waals surface area contributed by atoms with Crippen LogP contribution in [0.3, 0.4) is 0 Å². The van der Waals surface area contributed by atoms with Crippen molar-refractivity contribution in [3.63, 3.8) is 0 Å². The number of rotatable bonds is 3. The van der Waals surface area contributed by atoms with Gasteiger partial charge in [0.15, 0.2) is 0 Å². The van der Waals surface area contributed by atoms with E-state index < -0.39 is 0 Å². The molecule has 1 unspecified atom stereocenters. The lowest BCUT2D eigenvalue weighted by atomic mass is 9.50. The van der Waals surface area contributed by atoms with Crippen molar-refractivity contribution in [3.8, 4) is 0 Å². The van der Waals surface area contributed by atoms with E-state index in [1.165, 1.54) is 37.7 Å². The van der Waals surface area contributed by atoms with E-state index in [0.717, 1.165) is 34.3 Å². The summed E-state index contributed by atoms with van der Waals surface area (Å²) in [6.07, 6.45) is 7.20. The number of halogens is 1. The summed E-state index contributed by atoms with van der Waals surface area (Å²) in [6.45, 7) is 2.06. The molecule has 114 valence electrons. The van der Waals surface area contributed by atoms with Gasteiger partial charge in [0.05, 0.1) is 0 Å². The van der Waals surface area contributed by atoms with Crippen molar-refractivity contribution in [1.82, 2.24) is 5.43 Å². The first-order valence-electron chi connectivity index (χ1n) is 8.38. The maximum atomic E-state index is 6.34. The van der Waals surface area contributed by atoms with E-state index in [1.807, 2.05) is 0 Å². The highest BCUT2D eigenvalue weighted by Crippen LogP contribution is 2.59. The highest BCUT2D eigenvalue weighted by atomic mass is 35.5. The molecule has 2 nitrogen and oxygen atoms in total. The van der Waals surface area contributed by atoms with Gasteiger partial charge in [-0.05, 0) is 85.8 Å². The van der Waals surface area contributed by atoms with Crippen LogP contribution in [0.25, 0.3) is 0 Å². The van der Waals surface area contributed by atoms with Crippen LogP contribution >= 0.6 is 11.6 Å². The summed E-state index contributed by atoms with van der Waals surface area (Å²) in [6, 6.07) is 6.71. The number of hydrogen-bond donors (Lipinski definition) is 2. The highest BCUT2D eigenvalue weighted by Gasteiger charge is 2.50. The number of aryl methyl sites for hydroxylation is 1. The number of benzene rings is 1. The second-order valence-corrected chi connectivity index (χ2v) is 8.07. The summed E-state index contributed by atoms with van der Waals surface area (Å²) in [7, 11) is 0. The number of hydrazine groups is 1. The van der Waals surface area contributed by atoms with Crippen LogP contribution in [0.1, 0.15) is 49.3 Å². The van der Waals surface area contributed by atoms with Crippen molar-refractivity contribution in [2.75, 3.05) is 0 Å². The Balaban J connectivity index is 1.65. The lowest BCUT2D eigenvalue weighted by molar-refractivity contribution is -0.0525. The maximum Gasteiger partial charge on any atom is 0.0493 e. The average Bonchev–Trinajstić information content (AvgIpc) is 2.45. The van der Waals surface area contributed by atoms with E-state index in [9.17, 15) is 0 Å². The average molecular weight is 305 g/mol. The molecule has 4 aliphatic carbocycles. The molecule has 0 aromatic heterocycles. The van der Waals surface area contributed by atoms with E-state index in [0.29, 0.717) is 5.92 Å². The van der Waals surface area contributed by atoms with Gasteiger partial charge in [0, 0.05) is 11.1 Å². The van der Waals surface area contributed by atoms with Crippen LogP contribution in [0.15, 0.2) is 18.2 Å². The molecule has 4 bridgehead atoms. The molecule has 0 amide bonds. The van der Waals surface area contributed by atoms with Crippen LogP contribution in [-0.4, -0.2) is 0 Å². The normalized spacial score (nSPS) is 38.7. The number of nitrogens with two attached hydrogens (primary N) is 1. The molecule has 5 rings (SSSR count). The monoisotopic (exact) mass is 304 g/mol. The topological polar surface area (TPSA) is 38.0 Å². The number of hydrogen-bond acceptors (Lipinski definition) is 2. The molecule has 0 aliphatic heterocycles. The highest BCUT2D eigenvalue weighted by molar-refractivity contribution is 6.31. The van der Waals surface area contributed by atoms with E-state index in [1.54, 1.807) is 0 Å². The van der Waals surface area contributed by atoms with Crippen molar-refractivity contribution < 1.29 is 0 Å². The van der Waals surface area contributed by atoms with Gasteiger partial charge in [0.25, 0.3) is 0 Å². The zero-order valence-corrected chi connectivity index (χ0v) is 13.4. The molecule has 0 heterocycles. The molecule has 3 heteroatoms. The van der Waals surface area contributed by atoms with Gasteiger partial charge in [0.1, 0.15) is 0 Å². The van der Waals surface area contributed by atoms with E-state index in [2.05, 4.69) is 30.5 Å². The SMILES string of the molecule is Cc1ccc(C(NN)C2C3CC4CC(C3)CC2C4)cc1Cl. The third kappa shape index (κ3) is 2.32. The Hall–Kier alpha value is -0.570. The first-order chi connectivity index (χ1) is 10.2. The van der Waals surface area contributed by atoms with Crippen LogP contribution in [0.4, 0.5) is 0 Å². The Morgan fingerprint density at radius 1 is 1.10 bits per heavy atom. The molecule has 4 aliphatic rings. The molecule has 3 N–H and O–H groups in total. The van der Waals surface area contributed by atoms with E-state index in [4.69, 9.17) is 17.4 Å². The second kappa shape index (κ2) is 5.26. The quantitative estimate of drug-likeness (QED) is 0.648. The van der Waals surface area contributed by atoms with Gasteiger partial charge < -0.3 is 0 Å². The van der Waals surface area contributed by atoms with Crippen LogP contribution in [0, 0.1) is 36.5 Å². The van der Waals surface area contributed by atoms with Crippen molar-refractivity contribution in [2.45, 2.75) is 45.1 Å². The largest absolute Gasteiger partial charge is 0.271 e. The van der Waals surface area contributed by atoms with Crippen LogP contribution in [-0.2, 0) is 0 Å². The Morgan fingerprint density at radius 2 is 1.71 bits per heavy atom. The summed E-state index contributed by atoms with van der Waals surface area (Å²) in [5, 5.41) is 0.858. The zero-order chi connectivity index (χ0) is 14.6. The standard InChI is InChI=1S/C18H25ClN2/c1-10-2-3-13(9-16(10)19)18(21-20)17-14-5-11-4-12(7-14)8-15(17)6-11/h2-3,9,11-12,14-15,17-18,21H,4-8,20H2,1H3. The maximum absolute atomic E-state index is 6.34. The van der Waals surface area contributed by atoms with Gasteiger partial charge in [-0.1, -0.05) is 23.7 Å². The molecule has 21 heavy (non-hydrogen) atoms. The Kier molecular flexibility index (Phi) is 3.52. The van der Waals surface area contributed by atoms with Crippen molar-refractivity contribution in [2.24, 2.45) is 35.4 Å². The minimum Gasteiger partial charge on any atom is -0.271 e. The third-order valence-electron chi connectivity index (χ3n) is 6.42. The number of nitrogens with one attached hydrogen (secondary N) is 1. The molecular weight excluding hydrogens is 280 g/mol. The van der Waals surface area contributed by atoms with Gasteiger partial charge in [-0.15, -0.1) is 0 Å². The van der Waals surface area contributed by atoms with Gasteiger partial charge in [-0.2, -0.15) is 0 Å². The minimum absolute atomic E-state index is 0.262. The van der Waals surface area contributed by atoms with Crippen LogP contribution in [0.2, 0.25) is 5.02 Å².